The average molecular weight is 360 g/mol. The van der Waals surface area contributed by atoms with Gasteiger partial charge in [0.25, 0.3) is 0 Å². The Hall–Kier alpha value is -1.16. The summed E-state index contributed by atoms with van der Waals surface area (Å²) in [5.41, 5.74) is 1.14. The first-order chi connectivity index (χ1) is 12.2. The summed E-state index contributed by atoms with van der Waals surface area (Å²) in [5.74, 6) is 1.74. The summed E-state index contributed by atoms with van der Waals surface area (Å²) in [5, 5.41) is 11.3. The van der Waals surface area contributed by atoms with Gasteiger partial charge in [0.1, 0.15) is 0 Å². The monoisotopic (exact) mass is 359 g/mol. The zero-order valence-corrected chi connectivity index (χ0v) is 16.6. The van der Waals surface area contributed by atoms with Crippen molar-refractivity contribution in [2.75, 3.05) is 14.1 Å². The zero-order valence-electron chi connectivity index (χ0n) is 16.6. The van der Waals surface area contributed by atoms with E-state index in [2.05, 4.69) is 13.8 Å². The lowest BCUT2D eigenvalue weighted by Gasteiger charge is -2.59. The minimum Gasteiger partial charge on any atom is -0.393 e. The van der Waals surface area contributed by atoms with Gasteiger partial charge in [0.2, 0.25) is 5.91 Å². The van der Waals surface area contributed by atoms with Crippen LogP contribution in [0.25, 0.3) is 0 Å². The van der Waals surface area contributed by atoms with Crippen LogP contribution in [0.1, 0.15) is 58.8 Å². The molecule has 0 aromatic rings. The number of carbonyl (C=O) groups is 2. The maximum atomic E-state index is 12.8. The van der Waals surface area contributed by atoms with Gasteiger partial charge >= 0.3 is 0 Å². The maximum absolute atomic E-state index is 12.8. The Morgan fingerprint density at radius 1 is 1.19 bits per heavy atom. The molecule has 0 aromatic heterocycles. The molecule has 1 amide bonds. The number of rotatable bonds is 1. The number of aliphatic hydroxyl groups is 1. The van der Waals surface area contributed by atoms with Crippen molar-refractivity contribution in [2.45, 2.75) is 64.9 Å². The van der Waals surface area contributed by atoms with E-state index in [9.17, 15) is 14.7 Å². The van der Waals surface area contributed by atoms with Gasteiger partial charge in [0.15, 0.2) is 5.78 Å². The third-order valence-corrected chi connectivity index (χ3v) is 8.63. The number of hydrogen-bond donors (Lipinski definition) is 1. The third-order valence-electron chi connectivity index (χ3n) is 8.63. The summed E-state index contributed by atoms with van der Waals surface area (Å²) in [6.45, 7) is 4.54. The highest BCUT2D eigenvalue weighted by atomic mass is 16.3. The molecule has 4 heteroatoms. The number of amides is 1. The van der Waals surface area contributed by atoms with Crippen molar-refractivity contribution in [3.05, 3.63) is 11.6 Å². The Bertz CT molecular complexity index is 668. The van der Waals surface area contributed by atoms with E-state index in [0.29, 0.717) is 18.3 Å². The molecule has 4 aliphatic rings. The molecule has 7 atom stereocenters. The van der Waals surface area contributed by atoms with Crippen molar-refractivity contribution in [1.82, 2.24) is 4.90 Å². The predicted molar refractivity (Wildman–Crippen MR) is 100 cm³/mol. The summed E-state index contributed by atoms with van der Waals surface area (Å²) in [6.07, 6.45) is 7.80. The van der Waals surface area contributed by atoms with Crippen molar-refractivity contribution in [2.24, 2.45) is 34.5 Å². The lowest BCUT2D eigenvalue weighted by molar-refractivity contribution is -0.151. The maximum Gasteiger partial charge on any atom is 0.225 e. The quantitative estimate of drug-likeness (QED) is 0.782. The van der Waals surface area contributed by atoms with Crippen LogP contribution in [0.3, 0.4) is 0 Å². The van der Waals surface area contributed by atoms with E-state index in [1.54, 1.807) is 4.90 Å². The van der Waals surface area contributed by atoms with Gasteiger partial charge in [-0.3, -0.25) is 9.59 Å². The van der Waals surface area contributed by atoms with Gasteiger partial charge in [-0.1, -0.05) is 19.4 Å². The molecule has 0 saturated heterocycles. The first-order valence-corrected chi connectivity index (χ1v) is 10.3. The van der Waals surface area contributed by atoms with Gasteiger partial charge in [-0.05, 0) is 73.2 Å². The number of ketones is 1. The van der Waals surface area contributed by atoms with Gasteiger partial charge in [-0.2, -0.15) is 0 Å². The number of aliphatic hydroxyl groups excluding tert-OH is 1. The summed E-state index contributed by atoms with van der Waals surface area (Å²) >= 11 is 0. The molecule has 0 spiro atoms. The minimum absolute atomic E-state index is 0.0378. The molecule has 0 aliphatic heterocycles. The highest BCUT2D eigenvalue weighted by molar-refractivity contribution is 5.91. The Morgan fingerprint density at radius 3 is 2.62 bits per heavy atom. The molecular formula is C22H33NO3. The van der Waals surface area contributed by atoms with Gasteiger partial charge in [-0.15, -0.1) is 0 Å². The SMILES string of the molecule is CN(C)C(=O)[C@H]1CC[C@H]2[C@@H]3CCC4=CC(=O)CC[C@]4(C)[C@H]3C(O)C[C@]12C. The average Bonchev–Trinajstić information content (AvgIpc) is 2.90. The van der Waals surface area contributed by atoms with Crippen LogP contribution >= 0.6 is 0 Å². The fourth-order valence-electron chi connectivity index (χ4n) is 7.40. The van der Waals surface area contributed by atoms with E-state index in [-0.39, 0.29) is 40.5 Å². The highest BCUT2D eigenvalue weighted by Crippen LogP contribution is 2.66. The van der Waals surface area contributed by atoms with Crippen LogP contribution in [0.4, 0.5) is 0 Å². The van der Waals surface area contributed by atoms with Crippen molar-refractivity contribution in [3.63, 3.8) is 0 Å². The number of allylic oxidation sites excluding steroid dienone is 1. The Kier molecular flexibility index (Phi) is 4.15. The standard InChI is InChI=1S/C22H33NO3/c1-21-10-9-14(24)11-13(21)5-6-15-16-7-8-17(20(26)23(3)4)22(16,2)12-18(25)19(15)21/h11,15-19,25H,5-10,12H2,1-4H3/t15-,16-,17+,18?,19+,21-,22-/m0/s1. The van der Waals surface area contributed by atoms with E-state index < -0.39 is 0 Å². The Balaban J connectivity index is 1.69. The molecule has 0 radical (unpaired) electrons. The summed E-state index contributed by atoms with van der Waals surface area (Å²) in [7, 11) is 3.69. The van der Waals surface area contributed by atoms with Gasteiger partial charge < -0.3 is 10.0 Å². The molecule has 144 valence electrons. The van der Waals surface area contributed by atoms with E-state index >= 15 is 0 Å². The van der Waals surface area contributed by atoms with Crippen molar-refractivity contribution in [3.8, 4) is 0 Å². The van der Waals surface area contributed by atoms with Crippen LogP contribution in [0, 0.1) is 34.5 Å². The number of nitrogens with zero attached hydrogens (tertiary/aromatic N) is 1. The molecule has 3 fully saturated rings. The normalized spacial score (nSPS) is 47.5. The molecule has 4 rings (SSSR count). The van der Waals surface area contributed by atoms with Crippen LogP contribution in [-0.2, 0) is 9.59 Å². The molecule has 4 aliphatic carbocycles. The zero-order chi connectivity index (χ0) is 18.9. The smallest absolute Gasteiger partial charge is 0.225 e. The fourth-order valence-corrected chi connectivity index (χ4v) is 7.40. The third kappa shape index (κ3) is 2.37. The molecule has 0 heterocycles. The topological polar surface area (TPSA) is 57.6 Å². The van der Waals surface area contributed by atoms with Gasteiger partial charge in [-0.25, -0.2) is 0 Å². The predicted octanol–water partition coefficient (Wildman–Crippen LogP) is 3.19. The van der Waals surface area contributed by atoms with Crippen molar-refractivity contribution in [1.29, 1.82) is 0 Å². The Labute approximate surface area is 157 Å². The Morgan fingerprint density at radius 2 is 1.92 bits per heavy atom. The fraction of sp³-hybridized carbons (Fsp3) is 0.818. The second kappa shape index (κ2) is 5.92. The lowest BCUT2D eigenvalue weighted by Crippen LogP contribution is -2.57. The van der Waals surface area contributed by atoms with E-state index in [1.807, 2.05) is 20.2 Å². The first kappa shape index (κ1) is 18.2. The molecular weight excluding hydrogens is 326 g/mol. The highest BCUT2D eigenvalue weighted by Gasteiger charge is 2.63. The number of fused-ring (bicyclic) bond motifs is 5. The second-order valence-electron chi connectivity index (χ2n) is 10.0. The first-order valence-electron chi connectivity index (χ1n) is 10.3. The second-order valence-corrected chi connectivity index (χ2v) is 10.0. The van der Waals surface area contributed by atoms with E-state index in [4.69, 9.17) is 0 Å². The van der Waals surface area contributed by atoms with Gasteiger partial charge in [0.05, 0.1) is 6.10 Å². The molecule has 4 nitrogen and oxygen atoms in total. The minimum atomic E-state index is -0.376. The largest absolute Gasteiger partial charge is 0.393 e. The number of carbonyl (C=O) groups excluding carboxylic acids is 2. The summed E-state index contributed by atoms with van der Waals surface area (Å²) < 4.78 is 0. The van der Waals surface area contributed by atoms with Crippen LogP contribution in [0.5, 0.6) is 0 Å². The molecule has 1 unspecified atom stereocenters. The van der Waals surface area contributed by atoms with Crippen LogP contribution < -0.4 is 0 Å². The van der Waals surface area contributed by atoms with Gasteiger partial charge in [0, 0.05) is 26.4 Å². The van der Waals surface area contributed by atoms with Crippen LogP contribution in [-0.4, -0.2) is 41.9 Å². The molecule has 0 aromatic carbocycles. The molecule has 0 bridgehead atoms. The van der Waals surface area contributed by atoms with Crippen LogP contribution in [0.15, 0.2) is 11.6 Å². The van der Waals surface area contributed by atoms with Crippen molar-refractivity contribution >= 4 is 11.7 Å². The van der Waals surface area contributed by atoms with Crippen molar-refractivity contribution < 1.29 is 14.7 Å². The van der Waals surface area contributed by atoms with E-state index in [1.165, 1.54) is 5.57 Å². The molecule has 26 heavy (non-hydrogen) atoms. The molecule has 3 saturated carbocycles. The molecule has 1 N–H and O–H groups in total. The van der Waals surface area contributed by atoms with E-state index in [0.717, 1.165) is 38.5 Å². The van der Waals surface area contributed by atoms with Crippen LogP contribution in [0.2, 0.25) is 0 Å². The lowest BCUT2D eigenvalue weighted by atomic mass is 9.46. The summed E-state index contributed by atoms with van der Waals surface area (Å²) in [4.78, 5) is 26.5. The number of hydrogen-bond acceptors (Lipinski definition) is 3. The summed E-state index contributed by atoms with van der Waals surface area (Å²) in [6, 6.07) is 0.